The molecule has 0 atom stereocenters. The van der Waals surface area contributed by atoms with Crippen LogP contribution in [-0.4, -0.2) is 10.3 Å². The molecule has 12 rings (SSSR count). The highest BCUT2D eigenvalue weighted by atomic mass is 16.3. The van der Waals surface area contributed by atoms with E-state index in [0.717, 1.165) is 77.9 Å². The Labute approximate surface area is 353 Å². The first-order chi connectivity index (χ1) is 30.2. The van der Waals surface area contributed by atoms with Crippen LogP contribution in [0.4, 0.5) is 0 Å². The molecule has 1 aliphatic heterocycles. The monoisotopic (exact) mass is 778 g/mol. The zero-order chi connectivity index (χ0) is 40.3. The molecule has 0 saturated heterocycles. The predicted octanol–water partition coefficient (Wildman–Crippen LogP) is 15.5. The normalized spacial score (nSPS) is 13.1. The van der Waals surface area contributed by atoms with E-state index in [1.54, 1.807) is 0 Å². The standard InChI is InChI=1S/C58H38N2O/c1-3-15-38(16-4-1)40-21-13-23-42(31-40)45-29-30-52(59-53(34-45)46-24-14-22-41(32-46)39-17-5-2-6-18-39)51-36-47(37-57-58(51)49-26-10-12-28-56(49)61-57)60-54-27-11-9-25-48(54)50-33-43-19-7-8-20-44(43)35-55(50)60/h1-29,31-37H,30H2. The first kappa shape index (κ1) is 35.0. The molecular weight excluding hydrogens is 741 g/mol. The maximum Gasteiger partial charge on any atom is 0.138 e. The van der Waals surface area contributed by atoms with Gasteiger partial charge in [-0.15, -0.1) is 0 Å². The first-order valence-corrected chi connectivity index (χ1v) is 20.9. The lowest BCUT2D eigenvalue weighted by molar-refractivity contribution is 0.668. The number of aliphatic imine (C=N–C) groups is 1. The summed E-state index contributed by atoms with van der Waals surface area (Å²) in [4.78, 5) is 5.71. The third-order valence-electron chi connectivity index (χ3n) is 12.2. The van der Waals surface area contributed by atoms with Crippen LogP contribution >= 0.6 is 0 Å². The van der Waals surface area contributed by atoms with E-state index in [0.29, 0.717) is 6.42 Å². The summed E-state index contributed by atoms with van der Waals surface area (Å²) in [5.74, 6) is 0. The number of hydrogen-bond donors (Lipinski definition) is 0. The Balaban J connectivity index is 1.10. The molecule has 286 valence electrons. The maximum absolute atomic E-state index is 6.77. The molecule has 0 fully saturated rings. The Hall–Kier alpha value is -8.01. The molecule has 3 heteroatoms. The molecule has 0 N–H and O–H groups in total. The molecule has 0 saturated carbocycles. The van der Waals surface area contributed by atoms with Gasteiger partial charge >= 0.3 is 0 Å². The molecule has 1 aliphatic rings. The fourth-order valence-corrected chi connectivity index (χ4v) is 9.28. The van der Waals surface area contributed by atoms with Crippen LogP contribution in [-0.2, 0) is 0 Å². The molecule has 0 aliphatic carbocycles. The van der Waals surface area contributed by atoms with Crippen molar-refractivity contribution in [2.24, 2.45) is 4.99 Å². The third kappa shape index (κ3) is 6.10. The Morgan fingerprint density at radius 3 is 1.80 bits per heavy atom. The number of allylic oxidation sites excluding steroid dienone is 3. The molecule has 0 unspecified atom stereocenters. The van der Waals surface area contributed by atoms with Gasteiger partial charge in [0, 0.05) is 45.2 Å². The quantitative estimate of drug-likeness (QED) is 0.165. The van der Waals surface area contributed by atoms with Gasteiger partial charge in [0.25, 0.3) is 0 Å². The van der Waals surface area contributed by atoms with Crippen LogP contribution in [0.2, 0.25) is 0 Å². The van der Waals surface area contributed by atoms with E-state index in [2.05, 4.69) is 217 Å². The van der Waals surface area contributed by atoms with Crippen molar-refractivity contribution < 1.29 is 4.42 Å². The number of fused-ring (bicyclic) bond motifs is 7. The van der Waals surface area contributed by atoms with E-state index < -0.39 is 0 Å². The van der Waals surface area contributed by atoms with Crippen LogP contribution in [0.15, 0.2) is 228 Å². The van der Waals surface area contributed by atoms with Gasteiger partial charge in [0.1, 0.15) is 11.2 Å². The van der Waals surface area contributed by atoms with Gasteiger partial charge in [-0.3, -0.25) is 4.99 Å². The largest absolute Gasteiger partial charge is 0.456 e. The van der Waals surface area contributed by atoms with E-state index in [4.69, 9.17) is 9.41 Å². The number of furan rings is 1. The highest BCUT2D eigenvalue weighted by Crippen LogP contribution is 2.40. The second kappa shape index (κ2) is 14.4. The zero-order valence-corrected chi connectivity index (χ0v) is 33.3. The number of rotatable bonds is 6. The van der Waals surface area contributed by atoms with Crippen LogP contribution in [0.5, 0.6) is 0 Å². The molecule has 3 heterocycles. The Morgan fingerprint density at radius 2 is 1.03 bits per heavy atom. The fraction of sp³-hybridized carbons (Fsp3) is 0.0172. The van der Waals surface area contributed by atoms with Crippen LogP contribution in [0.25, 0.3) is 93.7 Å². The van der Waals surface area contributed by atoms with Gasteiger partial charge in [-0.1, -0.05) is 164 Å². The average molecular weight is 779 g/mol. The fourth-order valence-electron chi connectivity index (χ4n) is 9.28. The van der Waals surface area contributed by atoms with Crippen molar-refractivity contribution in [2.45, 2.75) is 6.42 Å². The van der Waals surface area contributed by atoms with Crippen molar-refractivity contribution in [3.63, 3.8) is 0 Å². The molecule has 61 heavy (non-hydrogen) atoms. The molecule has 0 radical (unpaired) electrons. The van der Waals surface area contributed by atoms with Crippen molar-refractivity contribution in [1.29, 1.82) is 0 Å². The summed E-state index contributed by atoms with van der Waals surface area (Å²) in [5.41, 5.74) is 16.0. The van der Waals surface area contributed by atoms with Crippen molar-refractivity contribution in [2.75, 3.05) is 0 Å². The lowest BCUT2D eigenvalue weighted by atomic mass is 9.96. The number of hydrogen-bond acceptors (Lipinski definition) is 2. The van der Waals surface area contributed by atoms with Gasteiger partial charge in [0.05, 0.1) is 28.1 Å². The molecule has 11 aromatic rings. The topological polar surface area (TPSA) is 30.4 Å². The summed E-state index contributed by atoms with van der Waals surface area (Å²) in [5, 5.41) is 7.03. The minimum Gasteiger partial charge on any atom is -0.456 e. The molecule has 0 spiro atoms. The van der Waals surface area contributed by atoms with Gasteiger partial charge in [0.15, 0.2) is 0 Å². The Morgan fingerprint density at radius 1 is 0.426 bits per heavy atom. The molecule has 9 aromatic carbocycles. The predicted molar refractivity (Wildman–Crippen MR) is 256 cm³/mol. The van der Waals surface area contributed by atoms with E-state index in [9.17, 15) is 0 Å². The van der Waals surface area contributed by atoms with E-state index in [1.807, 2.05) is 6.07 Å². The summed E-state index contributed by atoms with van der Waals surface area (Å²) in [6.07, 6.45) is 5.25. The lowest BCUT2D eigenvalue weighted by Crippen LogP contribution is -2.04. The highest BCUT2D eigenvalue weighted by molar-refractivity contribution is 6.21. The van der Waals surface area contributed by atoms with Crippen molar-refractivity contribution in [3.05, 3.63) is 235 Å². The van der Waals surface area contributed by atoms with Gasteiger partial charge in [0.2, 0.25) is 0 Å². The van der Waals surface area contributed by atoms with E-state index >= 15 is 0 Å². The zero-order valence-electron chi connectivity index (χ0n) is 33.3. The summed E-state index contributed by atoms with van der Waals surface area (Å²) < 4.78 is 9.18. The molecule has 2 aromatic heterocycles. The Bertz CT molecular complexity index is 3600. The van der Waals surface area contributed by atoms with Gasteiger partial charge in [-0.25, -0.2) is 0 Å². The second-order valence-electron chi connectivity index (χ2n) is 15.9. The number of benzene rings is 9. The first-order valence-electron chi connectivity index (χ1n) is 20.9. The van der Waals surface area contributed by atoms with Crippen LogP contribution in [0.3, 0.4) is 0 Å². The van der Waals surface area contributed by atoms with Gasteiger partial charge in [-0.05, 0) is 92.7 Å². The third-order valence-corrected chi connectivity index (χ3v) is 12.2. The highest BCUT2D eigenvalue weighted by Gasteiger charge is 2.22. The number of aromatic nitrogens is 1. The second-order valence-corrected chi connectivity index (χ2v) is 15.9. The minimum absolute atomic E-state index is 0.624. The van der Waals surface area contributed by atoms with Crippen LogP contribution < -0.4 is 0 Å². The average Bonchev–Trinajstić information content (AvgIpc) is 3.76. The maximum atomic E-state index is 6.77. The summed E-state index contributed by atoms with van der Waals surface area (Å²) in [6, 6.07) is 73.8. The summed E-state index contributed by atoms with van der Waals surface area (Å²) in [6.45, 7) is 0. The van der Waals surface area contributed by atoms with Crippen molar-refractivity contribution in [1.82, 2.24) is 4.57 Å². The van der Waals surface area contributed by atoms with Gasteiger partial charge < -0.3 is 8.98 Å². The number of para-hydroxylation sites is 2. The molecule has 0 amide bonds. The summed E-state index contributed by atoms with van der Waals surface area (Å²) in [7, 11) is 0. The van der Waals surface area contributed by atoms with Crippen molar-refractivity contribution in [3.8, 4) is 27.9 Å². The van der Waals surface area contributed by atoms with Gasteiger partial charge in [-0.2, -0.15) is 0 Å². The number of nitrogens with zero attached hydrogens (tertiary/aromatic N) is 2. The van der Waals surface area contributed by atoms with E-state index in [-0.39, 0.29) is 0 Å². The lowest BCUT2D eigenvalue weighted by Gasteiger charge is -2.14. The smallest absolute Gasteiger partial charge is 0.138 e. The molecular formula is C58H38N2O. The Kier molecular flexibility index (Phi) is 8.24. The van der Waals surface area contributed by atoms with Crippen LogP contribution in [0, 0.1) is 0 Å². The van der Waals surface area contributed by atoms with Crippen molar-refractivity contribution >= 4 is 71.5 Å². The molecule has 0 bridgehead atoms. The van der Waals surface area contributed by atoms with Crippen LogP contribution in [0.1, 0.15) is 23.1 Å². The summed E-state index contributed by atoms with van der Waals surface area (Å²) >= 11 is 0. The SMILES string of the molecule is C1=C(c2cccc(-c3ccccc3)c2)C=C(c2cccc(-c3ccccc3)c2)N=C(c2cc(-n3c4ccccc4c4cc5ccccc5cc43)cc3oc4ccccc4c23)C1. The van der Waals surface area contributed by atoms with E-state index in [1.165, 1.54) is 38.2 Å². The minimum atomic E-state index is 0.624. The molecule has 3 nitrogen and oxygen atoms in total.